The van der Waals surface area contributed by atoms with Gasteiger partial charge in [-0.05, 0) is 30.3 Å². The van der Waals surface area contributed by atoms with Crippen LogP contribution in [0.4, 0.5) is 17.6 Å². The molecule has 0 bridgehead atoms. The van der Waals surface area contributed by atoms with Gasteiger partial charge in [0.15, 0.2) is 5.69 Å². The number of benzene rings is 1. The highest BCUT2D eigenvalue weighted by Gasteiger charge is 2.34. The summed E-state index contributed by atoms with van der Waals surface area (Å²) in [6, 6.07) is 5.84. The molecule has 18 heavy (non-hydrogen) atoms. The van der Waals surface area contributed by atoms with Gasteiger partial charge in [-0.1, -0.05) is 0 Å². The number of halogens is 4. The lowest BCUT2D eigenvalue weighted by Gasteiger charge is -2.05. The van der Waals surface area contributed by atoms with Gasteiger partial charge in [-0.15, -0.1) is 0 Å². The molecule has 2 aromatic rings. The summed E-state index contributed by atoms with van der Waals surface area (Å²) < 4.78 is 51.4. The van der Waals surface area contributed by atoms with Crippen molar-refractivity contribution in [3.63, 3.8) is 0 Å². The third kappa shape index (κ3) is 2.35. The Kier molecular flexibility index (Phi) is 3.08. The highest BCUT2D eigenvalue weighted by Crippen LogP contribution is 2.29. The number of hydrogen-bond acceptors (Lipinski definition) is 2. The minimum absolute atomic E-state index is 0.0968. The van der Waals surface area contributed by atoms with E-state index in [1.807, 2.05) is 0 Å². The van der Waals surface area contributed by atoms with E-state index in [1.54, 1.807) is 0 Å². The molecule has 3 nitrogen and oxygen atoms in total. The predicted octanol–water partition coefficient (Wildman–Crippen LogP) is 2.49. The minimum atomic E-state index is -4.53. The summed E-state index contributed by atoms with van der Waals surface area (Å²) in [5, 5.41) is 3.44. The molecule has 0 aliphatic carbocycles. The van der Waals surface area contributed by atoms with Crippen LogP contribution in [0.5, 0.6) is 0 Å². The van der Waals surface area contributed by atoms with Crippen molar-refractivity contribution in [1.82, 2.24) is 9.78 Å². The van der Waals surface area contributed by atoms with Crippen LogP contribution in [0.25, 0.3) is 5.69 Å². The summed E-state index contributed by atoms with van der Waals surface area (Å²) in [6.45, 7) is -0.0968. The third-order valence-electron chi connectivity index (χ3n) is 2.35. The van der Waals surface area contributed by atoms with Crippen molar-refractivity contribution < 1.29 is 17.6 Å². The summed E-state index contributed by atoms with van der Waals surface area (Å²) in [5.74, 6) is -0.476. The molecule has 0 saturated heterocycles. The SMILES string of the molecule is NCc1cc(C(F)(F)F)nn1-c1ccc(F)cc1. The van der Waals surface area contributed by atoms with E-state index in [9.17, 15) is 17.6 Å². The normalized spacial score (nSPS) is 11.8. The average Bonchev–Trinajstić information content (AvgIpc) is 2.73. The Balaban J connectivity index is 2.50. The largest absolute Gasteiger partial charge is 0.435 e. The summed E-state index contributed by atoms with van der Waals surface area (Å²) >= 11 is 0. The molecule has 0 spiro atoms. The van der Waals surface area contributed by atoms with Crippen LogP contribution in [0.2, 0.25) is 0 Å². The molecule has 0 atom stereocenters. The maximum atomic E-state index is 12.7. The fourth-order valence-electron chi connectivity index (χ4n) is 1.51. The van der Waals surface area contributed by atoms with Crippen molar-refractivity contribution >= 4 is 0 Å². The number of nitrogens with two attached hydrogens (primary N) is 1. The number of aromatic nitrogens is 2. The number of hydrogen-bond donors (Lipinski definition) is 1. The standard InChI is InChI=1S/C11H9F4N3/c12-7-1-3-8(4-2-7)18-9(6-16)5-10(17-18)11(13,14)15/h1-5H,6,16H2. The lowest BCUT2D eigenvalue weighted by Crippen LogP contribution is -2.08. The van der Waals surface area contributed by atoms with E-state index in [0.717, 1.165) is 22.9 Å². The second kappa shape index (κ2) is 4.41. The Labute approximate surface area is 99.8 Å². The Morgan fingerprint density at radius 1 is 1.17 bits per heavy atom. The Hall–Kier alpha value is -1.89. The van der Waals surface area contributed by atoms with E-state index >= 15 is 0 Å². The molecule has 0 saturated carbocycles. The molecule has 2 rings (SSSR count). The van der Waals surface area contributed by atoms with Crippen molar-refractivity contribution in [3.8, 4) is 5.69 Å². The molecule has 1 aromatic carbocycles. The summed E-state index contributed by atoms with van der Waals surface area (Å²) in [6.07, 6.45) is -4.53. The fourth-order valence-corrected chi connectivity index (χ4v) is 1.51. The van der Waals surface area contributed by atoms with Crippen molar-refractivity contribution in [2.75, 3.05) is 0 Å². The topological polar surface area (TPSA) is 43.8 Å². The summed E-state index contributed by atoms with van der Waals surface area (Å²) in [4.78, 5) is 0. The fraction of sp³-hybridized carbons (Fsp3) is 0.182. The van der Waals surface area contributed by atoms with Gasteiger partial charge < -0.3 is 5.73 Å². The molecule has 0 aliphatic heterocycles. The van der Waals surface area contributed by atoms with E-state index in [1.165, 1.54) is 12.1 Å². The minimum Gasteiger partial charge on any atom is -0.325 e. The first-order valence-electron chi connectivity index (χ1n) is 5.04. The van der Waals surface area contributed by atoms with Crippen molar-refractivity contribution in [1.29, 1.82) is 0 Å². The van der Waals surface area contributed by atoms with E-state index in [0.29, 0.717) is 5.69 Å². The quantitative estimate of drug-likeness (QED) is 0.842. The van der Waals surface area contributed by atoms with E-state index < -0.39 is 17.7 Å². The Bertz CT molecular complexity index is 542. The highest BCUT2D eigenvalue weighted by atomic mass is 19.4. The van der Waals surface area contributed by atoms with Crippen LogP contribution in [0.3, 0.4) is 0 Å². The zero-order chi connectivity index (χ0) is 13.3. The Morgan fingerprint density at radius 3 is 2.28 bits per heavy atom. The Morgan fingerprint density at radius 2 is 1.78 bits per heavy atom. The second-order valence-corrected chi connectivity index (χ2v) is 3.61. The highest BCUT2D eigenvalue weighted by molar-refractivity contribution is 5.34. The van der Waals surface area contributed by atoms with Crippen molar-refractivity contribution in [2.45, 2.75) is 12.7 Å². The zero-order valence-corrected chi connectivity index (χ0v) is 9.08. The van der Waals surface area contributed by atoms with Gasteiger partial charge in [0.1, 0.15) is 5.82 Å². The lowest BCUT2D eigenvalue weighted by molar-refractivity contribution is -0.141. The van der Waals surface area contributed by atoms with Gasteiger partial charge >= 0.3 is 6.18 Å². The number of alkyl halides is 3. The number of rotatable bonds is 2. The molecule has 2 N–H and O–H groups in total. The maximum absolute atomic E-state index is 12.7. The predicted molar refractivity (Wildman–Crippen MR) is 56.4 cm³/mol. The average molecular weight is 259 g/mol. The summed E-state index contributed by atoms with van der Waals surface area (Å²) in [7, 11) is 0. The van der Waals surface area contributed by atoms with Crippen LogP contribution >= 0.6 is 0 Å². The van der Waals surface area contributed by atoms with Crippen LogP contribution in [0.1, 0.15) is 11.4 Å². The van der Waals surface area contributed by atoms with Gasteiger partial charge in [0.05, 0.1) is 11.4 Å². The molecular weight excluding hydrogens is 250 g/mol. The van der Waals surface area contributed by atoms with Crippen LogP contribution in [-0.4, -0.2) is 9.78 Å². The lowest BCUT2D eigenvalue weighted by atomic mass is 10.3. The molecule has 96 valence electrons. The third-order valence-corrected chi connectivity index (χ3v) is 2.35. The summed E-state index contributed by atoms with van der Waals surface area (Å²) in [5.41, 5.74) is 4.88. The smallest absolute Gasteiger partial charge is 0.325 e. The molecule has 0 unspecified atom stereocenters. The molecule has 1 heterocycles. The molecular formula is C11H9F4N3. The molecule has 0 radical (unpaired) electrons. The molecule has 1 aromatic heterocycles. The van der Waals surface area contributed by atoms with Crippen molar-refractivity contribution in [2.24, 2.45) is 5.73 Å². The van der Waals surface area contributed by atoms with Crippen molar-refractivity contribution in [3.05, 3.63) is 47.5 Å². The van der Waals surface area contributed by atoms with E-state index in [-0.39, 0.29) is 12.2 Å². The van der Waals surface area contributed by atoms with Gasteiger partial charge in [0.25, 0.3) is 0 Å². The van der Waals surface area contributed by atoms with E-state index in [2.05, 4.69) is 5.10 Å². The van der Waals surface area contributed by atoms with Crippen LogP contribution < -0.4 is 5.73 Å². The van der Waals surface area contributed by atoms with Gasteiger partial charge in [0, 0.05) is 6.54 Å². The van der Waals surface area contributed by atoms with E-state index in [4.69, 9.17) is 5.73 Å². The first kappa shape index (κ1) is 12.6. The monoisotopic (exact) mass is 259 g/mol. The van der Waals surface area contributed by atoms with Gasteiger partial charge in [0.2, 0.25) is 0 Å². The maximum Gasteiger partial charge on any atom is 0.435 e. The first-order valence-corrected chi connectivity index (χ1v) is 5.04. The van der Waals surface area contributed by atoms with Gasteiger partial charge in [-0.25, -0.2) is 9.07 Å². The molecule has 0 aliphatic rings. The zero-order valence-electron chi connectivity index (χ0n) is 9.08. The molecule has 0 fully saturated rings. The second-order valence-electron chi connectivity index (χ2n) is 3.61. The van der Waals surface area contributed by atoms with Gasteiger partial charge in [-0.2, -0.15) is 18.3 Å². The number of nitrogens with zero attached hydrogens (tertiary/aromatic N) is 2. The van der Waals surface area contributed by atoms with Crippen LogP contribution in [0.15, 0.2) is 30.3 Å². The molecule has 0 amide bonds. The van der Waals surface area contributed by atoms with Gasteiger partial charge in [-0.3, -0.25) is 0 Å². The first-order chi connectivity index (χ1) is 8.41. The molecule has 7 heteroatoms. The van der Waals surface area contributed by atoms with Crippen LogP contribution in [0, 0.1) is 5.82 Å². The van der Waals surface area contributed by atoms with Crippen LogP contribution in [-0.2, 0) is 12.7 Å².